The standard InChI is InChI=1S/C14H21F2NO3.C10H14F2N2O2/c1-5-10(13(19)20-14(2,3)4)17-8-9(6-11(15)16)7-12(17)18;1-2-7(10(13)16)14-5-6(3-8(11)12)4-9(14)15/h6,9-10H,5,7-8H2,1-4H3;3,6-7H,2,4-5H2,1H3,(H2,13,16)/t9?,10-;6?,7-/m00/s1. The van der Waals surface area contributed by atoms with E-state index in [1.54, 1.807) is 34.6 Å². The Morgan fingerprint density at radius 3 is 1.61 bits per heavy atom. The van der Waals surface area contributed by atoms with Gasteiger partial charge in [-0.25, -0.2) is 4.79 Å². The molecule has 204 valence electrons. The van der Waals surface area contributed by atoms with Gasteiger partial charge in [0.15, 0.2) is 0 Å². The monoisotopic (exact) mass is 521 g/mol. The van der Waals surface area contributed by atoms with E-state index in [2.05, 4.69) is 0 Å². The molecule has 0 aromatic carbocycles. The van der Waals surface area contributed by atoms with Gasteiger partial charge in [0.25, 0.3) is 12.2 Å². The maximum absolute atomic E-state index is 12.2. The maximum Gasteiger partial charge on any atom is 0.329 e. The Hall–Kier alpha value is -2.92. The van der Waals surface area contributed by atoms with Gasteiger partial charge in [0.05, 0.1) is 0 Å². The second-order valence-corrected chi connectivity index (χ2v) is 9.72. The molecular formula is C24H35F4N3O5. The number of nitrogens with zero attached hydrogens (tertiary/aromatic N) is 2. The van der Waals surface area contributed by atoms with E-state index in [9.17, 15) is 36.7 Å². The second-order valence-electron chi connectivity index (χ2n) is 9.72. The molecule has 2 saturated heterocycles. The summed E-state index contributed by atoms with van der Waals surface area (Å²) in [4.78, 5) is 49.2. The number of ether oxygens (including phenoxy) is 1. The minimum atomic E-state index is -1.80. The average Bonchev–Trinajstić information content (AvgIpc) is 3.23. The summed E-state index contributed by atoms with van der Waals surface area (Å²) in [6.07, 6.45) is -1.24. The van der Waals surface area contributed by atoms with Crippen LogP contribution < -0.4 is 5.73 Å². The first-order chi connectivity index (χ1) is 16.6. The zero-order chi connectivity index (χ0) is 27.8. The van der Waals surface area contributed by atoms with Crippen LogP contribution in [0.5, 0.6) is 0 Å². The van der Waals surface area contributed by atoms with Crippen LogP contribution in [0.1, 0.15) is 60.3 Å². The van der Waals surface area contributed by atoms with E-state index in [0.717, 1.165) is 12.2 Å². The SMILES string of the molecule is CC[C@@H](C(=O)OC(C)(C)C)N1CC(C=C(F)F)CC1=O.CC[C@@H](C(N)=O)N1CC(C=C(F)F)CC1=O. The first-order valence-electron chi connectivity index (χ1n) is 11.8. The Bertz CT molecular complexity index is 879. The lowest BCUT2D eigenvalue weighted by Gasteiger charge is -2.29. The van der Waals surface area contributed by atoms with Crippen LogP contribution >= 0.6 is 0 Å². The van der Waals surface area contributed by atoms with Gasteiger partial charge in [0, 0.05) is 37.8 Å². The second kappa shape index (κ2) is 13.4. The molecule has 0 radical (unpaired) electrons. The van der Waals surface area contributed by atoms with Crippen LogP contribution in [0.15, 0.2) is 24.3 Å². The van der Waals surface area contributed by atoms with Crippen molar-refractivity contribution >= 4 is 23.7 Å². The molecule has 0 spiro atoms. The minimum Gasteiger partial charge on any atom is -0.458 e. The summed E-state index contributed by atoms with van der Waals surface area (Å²) in [6.45, 7) is 8.99. The van der Waals surface area contributed by atoms with Crippen molar-refractivity contribution in [3.63, 3.8) is 0 Å². The zero-order valence-corrected chi connectivity index (χ0v) is 21.2. The Morgan fingerprint density at radius 1 is 0.917 bits per heavy atom. The van der Waals surface area contributed by atoms with E-state index in [1.165, 1.54) is 9.80 Å². The van der Waals surface area contributed by atoms with Gasteiger partial charge in [-0.1, -0.05) is 13.8 Å². The van der Waals surface area contributed by atoms with Crippen LogP contribution in [-0.4, -0.2) is 64.3 Å². The number of hydrogen-bond acceptors (Lipinski definition) is 5. The number of esters is 1. The van der Waals surface area contributed by atoms with Crippen molar-refractivity contribution in [3.05, 3.63) is 24.3 Å². The third-order valence-electron chi connectivity index (χ3n) is 5.63. The molecule has 2 unspecified atom stereocenters. The van der Waals surface area contributed by atoms with Gasteiger partial charge in [-0.3, -0.25) is 14.4 Å². The Morgan fingerprint density at radius 2 is 1.31 bits per heavy atom. The van der Waals surface area contributed by atoms with Gasteiger partial charge >= 0.3 is 5.97 Å². The van der Waals surface area contributed by atoms with Gasteiger partial charge in [-0.2, -0.15) is 17.6 Å². The molecule has 0 aliphatic carbocycles. The lowest BCUT2D eigenvalue weighted by atomic mass is 10.1. The summed E-state index contributed by atoms with van der Waals surface area (Å²) >= 11 is 0. The first-order valence-corrected chi connectivity index (χ1v) is 11.8. The predicted octanol–water partition coefficient (Wildman–Crippen LogP) is 3.61. The Kier molecular flexibility index (Phi) is 11.6. The summed E-state index contributed by atoms with van der Waals surface area (Å²) in [5.74, 6) is -2.73. The number of likely N-dealkylation sites (tertiary alicyclic amines) is 2. The van der Waals surface area contributed by atoms with Crippen molar-refractivity contribution in [1.29, 1.82) is 0 Å². The highest BCUT2D eigenvalue weighted by Crippen LogP contribution is 2.26. The number of amides is 3. The van der Waals surface area contributed by atoms with Crippen molar-refractivity contribution in [1.82, 2.24) is 9.80 Å². The van der Waals surface area contributed by atoms with Crippen molar-refractivity contribution in [2.45, 2.75) is 78.0 Å². The molecule has 2 heterocycles. The highest BCUT2D eigenvalue weighted by atomic mass is 19.3. The fraction of sp³-hybridized carbons (Fsp3) is 0.667. The third kappa shape index (κ3) is 9.62. The van der Waals surface area contributed by atoms with Crippen LogP contribution in [0.4, 0.5) is 17.6 Å². The number of primary amides is 1. The summed E-state index contributed by atoms with van der Waals surface area (Å²) in [5, 5.41) is 0. The molecule has 36 heavy (non-hydrogen) atoms. The number of carbonyl (C=O) groups excluding carboxylic acids is 4. The van der Waals surface area contributed by atoms with E-state index >= 15 is 0 Å². The van der Waals surface area contributed by atoms with Crippen molar-refractivity contribution < 1.29 is 41.5 Å². The molecular weight excluding hydrogens is 486 g/mol. The number of rotatable bonds is 8. The molecule has 12 heteroatoms. The average molecular weight is 522 g/mol. The molecule has 2 N–H and O–H groups in total. The van der Waals surface area contributed by atoms with Gasteiger partial charge in [0.1, 0.15) is 17.7 Å². The predicted molar refractivity (Wildman–Crippen MR) is 123 cm³/mol. The van der Waals surface area contributed by atoms with Crippen molar-refractivity contribution in [2.24, 2.45) is 17.6 Å². The number of hydrogen-bond donors (Lipinski definition) is 1. The van der Waals surface area contributed by atoms with Gasteiger partial charge < -0.3 is 20.3 Å². The minimum absolute atomic E-state index is 0.0106. The third-order valence-corrected chi connectivity index (χ3v) is 5.63. The molecule has 0 bridgehead atoms. The molecule has 0 aromatic rings. The summed E-state index contributed by atoms with van der Waals surface area (Å²) in [6, 6.07) is -1.39. The number of nitrogens with two attached hydrogens (primary N) is 1. The Balaban J connectivity index is 0.000000369. The van der Waals surface area contributed by atoms with Crippen molar-refractivity contribution in [3.8, 4) is 0 Å². The smallest absolute Gasteiger partial charge is 0.329 e. The molecule has 0 aromatic heterocycles. The lowest BCUT2D eigenvalue weighted by Crippen LogP contribution is -2.45. The summed E-state index contributed by atoms with van der Waals surface area (Å²) < 4.78 is 53.8. The molecule has 3 amide bonds. The fourth-order valence-corrected chi connectivity index (χ4v) is 4.16. The summed E-state index contributed by atoms with van der Waals surface area (Å²) in [7, 11) is 0. The fourth-order valence-electron chi connectivity index (χ4n) is 4.16. The van der Waals surface area contributed by atoms with Crippen LogP contribution in [0, 0.1) is 11.8 Å². The van der Waals surface area contributed by atoms with Gasteiger partial charge in [-0.15, -0.1) is 0 Å². The van der Waals surface area contributed by atoms with E-state index in [4.69, 9.17) is 10.5 Å². The highest BCUT2D eigenvalue weighted by molar-refractivity contribution is 5.88. The van der Waals surface area contributed by atoms with E-state index in [0.29, 0.717) is 12.8 Å². The molecule has 2 fully saturated rings. The number of carbonyl (C=O) groups is 4. The molecule has 8 nitrogen and oxygen atoms in total. The van der Waals surface area contributed by atoms with Crippen LogP contribution in [0.2, 0.25) is 0 Å². The quantitative estimate of drug-likeness (QED) is 0.388. The Labute approximate surface area is 208 Å². The van der Waals surface area contributed by atoms with Crippen LogP contribution in [0.25, 0.3) is 0 Å². The molecule has 0 saturated carbocycles. The van der Waals surface area contributed by atoms with Crippen LogP contribution in [0.3, 0.4) is 0 Å². The molecule has 2 aliphatic rings. The van der Waals surface area contributed by atoms with E-state index in [-0.39, 0.29) is 37.7 Å². The molecule has 2 aliphatic heterocycles. The zero-order valence-electron chi connectivity index (χ0n) is 21.2. The van der Waals surface area contributed by atoms with E-state index < -0.39 is 53.6 Å². The highest BCUT2D eigenvalue weighted by Gasteiger charge is 2.38. The van der Waals surface area contributed by atoms with E-state index in [1.807, 2.05) is 0 Å². The van der Waals surface area contributed by atoms with Gasteiger partial charge in [-0.05, 0) is 45.8 Å². The first kappa shape index (κ1) is 31.1. The van der Waals surface area contributed by atoms with Crippen LogP contribution in [-0.2, 0) is 23.9 Å². The topological polar surface area (TPSA) is 110 Å². The van der Waals surface area contributed by atoms with Gasteiger partial charge in [0.2, 0.25) is 17.7 Å². The summed E-state index contributed by atoms with van der Waals surface area (Å²) in [5.41, 5.74) is 4.50. The maximum atomic E-state index is 12.2. The molecule has 4 atom stereocenters. The number of halogens is 4. The lowest BCUT2D eigenvalue weighted by molar-refractivity contribution is -0.163. The molecule has 2 rings (SSSR count). The largest absolute Gasteiger partial charge is 0.458 e. The normalized spacial score (nSPS) is 21.4. The van der Waals surface area contributed by atoms with Crippen molar-refractivity contribution in [2.75, 3.05) is 13.1 Å².